The van der Waals surface area contributed by atoms with Gasteiger partial charge in [0, 0.05) is 10.9 Å². The van der Waals surface area contributed by atoms with Gasteiger partial charge in [0.15, 0.2) is 16.4 Å². The molecule has 0 radical (unpaired) electrons. The van der Waals surface area contributed by atoms with E-state index in [1.54, 1.807) is 0 Å². The summed E-state index contributed by atoms with van der Waals surface area (Å²) in [7, 11) is -3.10. The van der Waals surface area contributed by atoms with Gasteiger partial charge in [-0.05, 0) is 55.7 Å². The maximum atomic E-state index is 13.2. The van der Waals surface area contributed by atoms with Gasteiger partial charge in [-0.15, -0.1) is 11.3 Å². The predicted molar refractivity (Wildman–Crippen MR) is 125 cm³/mol. The van der Waals surface area contributed by atoms with Gasteiger partial charge in [-0.25, -0.2) is 8.42 Å². The minimum atomic E-state index is -3.10. The Bertz CT molecular complexity index is 1140. The van der Waals surface area contributed by atoms with Crippen LogP contribution in [0.25, 0.3) is 0 Å². The Morgan fingerprint density at radius 2 is 2.00 bits per heavy atom. The first-order chi connectivity index (χ1) is 15.2. The summed E-state index contributed by atoms with van der Waals surface area (Å²) in [5.41, 5.74) is 2.39. The number of fused-ring (bicyclic) bond motifs is 1. The molecule has 172 valence electrons. The van der Waals surface area contributed by atoms with Crippen molar-refractivity contribution < 1.29 is 22.7 Å². The molecule has 1 aliphatic carbocycles. The molecule has 1 fully saturated rings. The number of amides is 2. The maximum Gasteiger partial charge on any atom is 0.262 e. The highest BCUT2D eigenvalue weighted by Gasteiger charge is 2.33. The van der Waals surface area contributed by atoms with E-state index < -0.39 is 15.9 Å². The highest BCUT2D eigenvalue weighted by Crippen LogP contribution is 2.39. The molecule has 1 saturated heterocycles. The van der Waals surface area contributed by atoms with E-state index in [9.17, 15) is 18.0 Å². The minimum absolute atomic E-state index is 0.0337. The number of rotatable bonds is 6. The SMILES string of the molecule is Cc1ccccc1OCC(=O)Nc1sc2c(c1C(=O)N[C@H]1CCS(=O)(=O)C1)CC[C@H](C)C2. The van der Waals surface area contributed by atoms with E-state index in [0.29, 0.717) is 28.7 Å². The van der Waals surface area contributed by atoms with Crippen LogP contribution in [0.15, 0.2) is 24.3 Å². The van der Waals surface area contributed by atoms with Gasteiger partial charge in [-0.3, -0.25) is 9.59 Å². The van der Waals surface area contributed by atoms with Crippen LogP contribution in [0.4, 0.5) is 5.00 Å². The minimum Gasteiger partial charge on any atom is -0.483 e. The Morgan fingerprint density at radius 1 is 1.22 bits per heavy atom. The summed E-state index contributed by atoms with van der Waals surface area (Å²) in [5.74, 6) is 0.574. The third-order valence-electron chi connectivity index (χ3n) is 6.01. The van der Waals surface area contributed by atoms with Crippen LogP contribution >= 0.6 is 11.3 Å². The standard InChI is InChI=1S/C23H28N2O5S2/c1-14-7-8-17-19(11-14)31-23(21(17)22(27)24-16-9-10-32(28,29)13-16)25-20(26)12-30-18-6-4-3-5-15(18)2/h3-6,14,16H,7-13H2,1-2H3,(H,24,27)(H,25,26)/t14-,16-/m0/s1. The fourth-order valence-electron chi connectivity index (χ4n) is 4.27. The molecule has 2 heterocycles. The highest BCUT2D eigenvalue weighted by molar-refractivity contribution is 7.91. The number of nitrogens with one attached hydrogen (secondary N) is 2. The topological polar surface area (TPSA) is 102 Å². The largest absolute Gasteiger partial charge is 0.483 e. The van der Waals surface area contributed by atoms with Crippen molar-refractivity contribution in [3.05, 3.63) is 45.8 Å². The molecule has 2 aromatic rings. The van der Waals surface area contributed by atoms with E-state index in [-0.39, 0.29) is 29.9 Å². The first-order valence-corrected chi connectivity index (χ1v) is 13.5. The van der Waals surface area contributed by atoms with Crippen LogP contribution in [0.5, 0.6) is 5.75 Å². The second-order valence-electron chi connectivity index (χ2n) is 8.73. The Balaban J connectivity index is 1.51. The second-order valence-corrected chi connectivity index (χ2v) is 12.1. The summed E-state index contributed by atoms with van der Waals surface area (Å²) >= 11 is 1.44. The average molecular weight is 477 g/mol. The maximum absolute atomic E-state index is 13.2. The smallest absolute Gasteiger partial charge is 0.262 e. The molecule has 7 nitrogen and oxygen atoms in total. The predicted octanol–water partition coefficient (Wildman–Crippen LogP) is 3.12. The van der Waals surface area contributed by atoms with Gasteiger partial charge >= 0.3 is 0 Å². The van der Waals surface area contributed by atoms with E-state index in [2.05, 4.69) is 17.6 Å². The third-order valence-corrected chi connectivity index (χ3v) is 8.95. The number of aryl methyl sites for hydroxylation is 1. The van der Waals surface area contributed by atoms with Crippen molar-refractivity contribution in [2.45, 2.75) is 45.6 Å². The van der Waals surface area contributed by atoms with Gasteiger partial charge in [-0.1, -0.05) is 25.1 Å². The number of carbonyl (C=O) groups is 2. The lowest BCUT2D eigenvalue weighted by molar-refractivity contribution is -0.118. The van der Waals surface area contributed by atoms with Crippen LogP contribution in [0.1, 0.15) is 46.1 Å². The molecule has 4 rings (SSSR count). The summed E-state index contributed by atoms with van der Waals surface area (Å²) in [6, 6.07) is 7.08. The van der Waals surface area contributed by atoms with Gasteiger partial charge in [-0.2, -0.15) is 0 Å². The highest BCUT2D eigenvalue weighted by atomic mass is 32.2. The zero-order valence-corrected chi connectivity index (χ0v) is 19.9. The lowest BCUT2D eigenvalue weighted by Crippen LogP contribution is -2.36. The monoisotopic (exact) mass is 476 g/mol. The van der Waals surface area contributed by atoms with Gasteiger partial charge in [0.2, 0.25) is 0 Å². The molecular weight excluding hydrogens is 448 g/mol. The Labute approximate surface area is 192 Å². The number of carbonyl (C=O) groups excluding carboxylic acids is 2. The van der Waals surface area contributed by atoms with Gasteiger partial charge in [0.1, 0.15) is 10.8 Å². The number of para-hydroxylation sites is 1. The lowest BCUT2D eigenvalue weighted by Gasteiger charge is -2.19. The molecule has 1 aromatic heterocycles. The molecule has 0 unspecified atom stereocenters. The van der Waals surface area contributed by atoms with Crippen molar-refractivity contribution in [1.29, 1.82) is 0 Å². The van der Waals surface area contributed by atoms with Crippen molar-refractivity contribution in [2.75, 3.05) is 23.4 Å². The molecular formula is C23H28N2O5S2. The van der Waals surface area contributed by atoms with Crippen molar-refractivity contribution >= 4 is 38.0 Å². The summed E-state index contributed by atoms with van der Waals surface area (Å²) in [5, 5.41) is 6.27. The molecule has 32 heavy (non-hydrogen) atoms. The average Bonchev–Trinajstić information content (AvgIpc) is 3.25. The number of hydrogen-bond acceptors (Lipinski definition) is 6. The van der Waals surface area contributed by atoms with E-state index in [1.807, 2.05) is 31.2 Å². The van der Waals surface area contributed by atoms with Crippen molar-refractivity contribution in [1.82, 2.24) is 5.32 Å². The number of sulfone groups is 1. The fourth-order valence-corrected chi connectivity index (χ4v) is 7.37. The van der Waals surface area contributed by atoms with E-state index in [1.165, 1.54) is 11.3 Å². The second kappa shape index (κ2) is 9.23. The number of anilines is 1. The molecule has 1 aromatic carbocycles. The third kappa shape index (κ3) is 5.15. The zero-order chi connectivity index (χ0) is 22.9. The van der Waals surface area contributed by atoms with Crippen molar-refractivity contribution in [2.24, 2.45) is 5.92 Å². The van der Waals surface area contributed by atoms with Crippen LogP contribution in [-0.2, 0) is 27.5 Å². The molecule has 2 N–H and O–H groups in total. The molecule has 9 heteroatoms. The normalized spacial score (nSPS) is 21.6. The molecule has 1 aliphatic heterocycles. The van der Waals surface area contributed by atoms with Crippen LogP contribution in [0, 0.1) is 12.8 Å². The molecule has 2 amide bonds. The van der Waals surface area contributed by atoms with Gasteiger partial charge < -0.3 is 15.4 Å². The molecule has 2 atom stereocenters. The van der Waals surface area contributed by atoms with Crippen LogP contribution in [0.2, 0.25) is 0 Å². The molecule has 0 saturated carbocycles. The Kier molecular flexibility index (Phi) is 6.57. The molecule has 0 bridgehead atoms. The van der Waals surface area contributed by atoms with E-state index >= 15 is 0 Å². The van der Waals surface area contributed by atoms with Crippen molar-refractivity contribution in [3.8, 4) is 5.75 Å². The summed E-state index contributed by atoms with van der Waals surface area (Å²) < 4.78 is 29.2. The van der Waals surface area contributed by atoms with E-state index in [4.69, 9.17) is 4.74 Å². The van der Waals surface area contributed by atoms with Crippen LogP contribution in [-0.4, -0.2) is 44.4 Å². The van der Waals surface area contributed by atoms with Crippen molar-refractivity contribution in [3.63, 3.8) is 0 Å². The molecule has 2 aliphatic rings. The lowest BCUT2D eigenvalue weighted by atomic mass is 9.88. The quantitative estimate of drug-likeness (QED) is 0.667. The zero-order valence-electron chi connectivity index (χ0n) is 18.3. The Hall–Kier alpha value is -2.39. The number of benzene rings is 1. The summed E-state index contributed by atoms with van der Waals surface area (Å²) in [4.78, 5) is 26.9. The number of thiophene rings is 1. The number of hydrogen-bond donors (Lipinski definition) is 2. The van der Waals surface area contributed by atoms with Gasteiger partial charge in [0.05, 0.1) is 17.1 Å². The van der Waals surface area contributed by atoms with E-state index in [0.717, 1.165) is 35.3 Å². The Morgan fingerprint density at radius 3 is 2.72 bits per heavy atom. The first kappa shape index (κ1) is 22.8. The van der Waals surface area contributed by atoms with Crippen LogP contribution in [0.3, 0.4) is 0 Å². The van der Waals surface area contributed by atoms with Gasteiger partial charge in [0.25, 0.3) is 11.8 Å². The summed E-state index contributed by atoms with van der Waals surface area (Å²) in [6.07, 6.45) is 3.04. The van der Waals surface area contributed by atoms with Crippen LogP contribution < -0.4 is 15.4 Å². The molecule has 0 spiro atoms. The summed E-state index contributed by atoms with van der Waals surface area (Å²) in [6.45, 7) is 3.93. The fraction of sp³-hybridized carbons (Fsp3) is 0.478. The number of ether oxygens (including phenoxy) is 1. The first-order valence-electron chi connectivity index (χ1n) is 10.9.